The normalized spacial score (nSPS) is 13.7. The Bertz CT molecular complexity index is 936. The average Bonchev–Trinajstić information content (AvgIpc) is 2.61. The fourth-order valence-electron chi connectivity index (χ4n) is 2.04. The minimum absolute atomic E-state index is 0.195. The molecule has 0 saturated carbocycles. The Morgan fingerprint density at radius 1 is 1.07 bits per heavy atom. The summed E-state index contributed by atoms with van der Waals surface area (Å²) in [5.41, 5.74) is -0.448. The van der Waals surface area contributed by atoms with Gasteiger partial charge in [0.1, 0.15) is 14.8 Å². The van der Waals surface area contributed by atoms with Crippen molar-refractivity contribution in [2.75, 3.05) is 0 Å². The van der Waals surface area contributed by atoms with Crippen LogP contribution in [0.3, 0.4) is 0 Å². The van der Waals surface area contributed by atoms with Gasteiger partial charge in [0, 0.05) is 11.6 Å². The van der Waals surface area contributed by atoms with Crippen molar-refractivity contribution in [3.05, 3.63) is 54.2 Å². The molecule has 2 aromatic rings. The molecule has 1 heterocycles. The van der Waals surface area contributed by atoms with Gasteiger partial charge in [0.05, 0.1) is 16.6 Å². The number of esters is 1. The number of pyridine rings is 1. The van der Waals surface area contributed by atoms with Crippen molar-refractivity contribution in [2.24, 2.45) is 9.78 Å². The Morgan fingerprint density at radius 2 is 1.70 bits per heavy atom. The molecule has 0 aliphatic carbocycles. The first-order valence-corrected chi connectivity index (χ1v) is 10.1. The summed E-state index contributed by atoms with van der Waals surface area (Å²) < 4.78 is 22.9. The number of hydrogen-bond acceptors (Lipinski definition) is 5. The summed E-state index contributed by atoms with van der Waals surface area (Å²) in [7, 11) is -3.28. The predicted octanol–water partition coefficient (Wildman–Crippen LogP) is 4.11. The number of amides is 1. The number of hydrogen-bond donors (Lipinski definition) is 0. The van der Waals surface area contributed by atoms with E-state index in [4.69, 9.17) is 4.74 Å². The van der Waals surface area contributed by atoms with E-state index in [0.29, 0.717) is 10.5 Å². The van der Waals surface area contributed by atoms with Crippen LogP contribution in [0.1, 0.15) is 45.0 Å². The van der Waals surface area contributed by atoms with Crippen LogP contribution in [-0.2, 0) is 19.3 Å². The molecule has 1 atom stereocenters. The lowest BCUT2D eigenvalue weighted by atomic mass is 9.96. The number of benzene rings is 1. The molecule has 1 aromatic carbocycles. The number of rotatable bonds is 4. The Hall–Kier alpha value is -2.54. The van der Waals surface area contributed by atoms with Crippen molar-refractivity contribution in [3.8, 4) is 0 Å². The molecule has 0 spiro atoms. The van der Waals surface area contributed by atoms with E-state index in [9.17, 15) is 13.8 Å². The topological polar surface area (TPSA) is 85.7 Å². The number of nitrogens with zero attached hydrogens (tertiary/aromatic N) is 2. The average molecular weight is 388 g/mol. The third-order valence-corrected chi connectivity index (χ3v) is 5.67. The van der Waals surface area contributed by atoms with Gasteiger partial charge in [0.25, 0.3) is 5.91 Å². The molecule has 0 aliphatic heterocycles. The van der Waals surface area contributed by atoms with E-state index in [1.54, 1.807) is 52.8 Å². The van der Waals surface area contributed by atoms with E-state index in [-0.39, 0.29) is 11.1 Å². The molecule has 0 bridgehead atoms. The van der Waals surface area contributed by atoms with Gasteiger partial charge in [0.15, 0.2) is 0 Å². The summed E-state index contributed by atoms with van der Waals surface area (Å²) in [6.45, 7) is 8.65. The maximum atomic E-state index is 13.7. The lowest BCUT2D eigenvalue weighted by molar-refractivity contribution is -0.124. The van der Waals surface area contributed by atoms with Gasteiger partial charge in [-0.15, -0.1) is 0 Å². The minimum atomic E-state index is -3.28. The third kappa shape index (κ3) is 5.01. The van der Waals surface area contributed by atoms with Crippen LogP contribution < -0.4 is 0 Å². The molecule has 6 nitrogen and oxygen atoms in total. The maximum absolute atomic E-state index is 13.7. The van der Waals surface area contributed by atoms with E-state index in [2.05, 4.69) is 9.35 Å². The zero-order valence-electron chi connectivity index (χ0n) is 16.1. The van der Waals surface area contributed by atoms with Crippen molar-refractivity contribution in [1.29, 1.82) is 0 Å². The molecular weight excluding hydrogens is 364 g/mol. The van der Waals surface area contributed by atoms with E-state index >= 15 is 0 Å². The monoisotopic (exact) mass is 388 g/mol. The molecule has 0 fully saturated rings. The summed E-state index contributed by atoms with van der Waals surface area (Å²) in [6, 6.07) is 11.0. The molecule has 0 saturated heterocycles. The molecule has 7 heteroatoms. The van der Waals surface area contributed by atoms with E-state index in [1.165, 1.54) is 30.5 Å². The second-order valence-corrected chi connectivity index (χ2v) is 9.44. The lowest BCUT2D eigenvalue weighted by Crippen LogP contribution is -2.20. The molecule has 27 heavy (non-hydrogen) atoms. The van der Waals surface area contributed by atoms with Crippen LogP contribution in [0.4, 0.5) is 0 Å². The van der Waals surface area contributed by atoms with Crippen LogP contribution in [0.5, 0.6) is 0 Å². The quantitative estimate of drug-likeness (QED) is 0.736. The molecule has 1 unspecified atom stereocenters. The van der Waals surface area contributed by atoms with Crippen LogP contribution >= 0.6 is 0 Å². The largest absolute Gasteiger partial charge is 0.459 e. The number of aromatic nitrogens is 1. The first-order chi connectivity index (χ1) is 12.5. The van der Waals surface area contributed by atoms with Gasteiger partial charge >= 0.3 is 5.97 Å². The lowest BCUT2D eigenvalue weighted by Gasteiger charge is -2.16. The van der Waals surface area contributed by atoms with Crippen molar-refractivity contribution < 1.29 is 18.5 Å². The summed E-state index contributed by atoms with van der Waals surface area (Å²) in [5.74, 6) is -0.954. The smallest absolute Gasteiger partial charge is 0.338 e. The van der Waals surface area contributed by atoms with Crippen LogP contribution in [0.2, 0.25) is 0 Å². The Balaban J connectivity index is 2.56. The van der Waals surface area contributed by atoms with E-state index < -0.39 is 27.0 Å². The molecule has 0 N–H and O–H groups in total. The summed E-state index contributed by atoms with van der Waals surface area (Å²) >= 11 is 0. The number of carbonyl (C=O) groups is 2. The number of ether oxygens (including phenoxy) is 1. The van der Waals surface area contributed by atoms with Gasteiger partial charge in [-0.25, -0.2) is 14.0 Å². The van der Waals surface area contributed by atoms with Crippen molar-refractivity contribution >= 4 is 21.6 Å². The molecule has 1 aromatic heterocycles. The molecular formula is C20H24N2O4S. The summed E-state index contributed by atoms with van der Waals surface area (Å²) in [6.07, 6.45) is 1.26. The second kappa shape index (κ2) is 8.00. The van der Waals surface area contributed by atoms with Gasteiger partial charge in [0.2, 0.25) is 0 Å². The highest BCUT2D eigenvalue weighted by molar-refractivity contribution is 7.94. The van der Waals surface area contributed by atoms with Crippen LogP contribution in [-0.4, -0.2) is 27.2 Å². The Morgan fingerprint density at radius 3 is 2.19 bits per heavy atom. The summed E-state index contributed by atoms with van der Waals surface area (Å²) in [4.78, 5) is 28.9. The van der Waals surface area contributed by atoms with Crippen molar-refractivity contribution in [1.82, 2.24) is 4.98 Å². The molecule has 144 valence electrons. The minimum Gasteiger partial charge on any atom is -0.459 e. The SMILES string of the molecule is CC(C)OC(=O)c1ccc(S(=O)(=NC(=O)C(C)(C)C)c2ccccn2)cc1. The van der Waals surface area contributed by atoms with Gasteiger partial charge in [-0.05, 0) is 50.2 Å². The fourth-order valence-corrected chi connectivity index (χ4v) is 3.96. The van der Waals surface area contributed by atoms with Crippen molar-refractivity contribution in [3.63, 3.8) is 0 Å². The van der Waals surface area contributed by atoms with Crippen LogP contribution in [0.15, 0.2) is 62.9 Å². The molecule has 2 rings (SSSR count). The summed E-state index contributed by atoms with van der Waals surface area (Å²) in [5, 5.41) is 0.195. The van der Waals surface area contributed by atoms with Gasteiger partial charge in [-0.1, -0.05) is 26.8 Å². The highest BCUT2D eigenvalue weighted by atomic mass is 32.2. The van der Waals surface area contributed by atoms with Crippen LogP contribution in [0, 0.1) is 5.41 Å². The van der Waals surface area contributed by atoms with E-state index in [1.807, 2.05) is 0 Å². The Kier molecular flexibility index (Phi) is 6.15. The Labute approximate surface area is 160 Å². The van der Waals surface area contributed by atoms with Gasteiger partial charge in [-0.2, -0.15) is 4.36 Å². The highest BCUT2D eigenvalue weighted by Gasteiger charge is 2.26. The van der Waals surface area contributed by atoms with E-state index in [0.717, 1.165) is 0 Å². The molecule has 0 aliphatic rings. The standard InChI is InChI=1S/C20H24N2O4S/c1-14(2)26-18(23)15-9-11-16(12-10-15)27(25,17-8-6-7-13-21-17)22-19(24)20(3,4)5/h6-14H,1-5H3. The maximum Gasteiger partial charge on any atom is 0.338 e. The predicted molar refractivity (Wildman–Crippen MR) is 103 cm³/mol. The van der Waals surface area contributed by atoms with Crippen molar-refractivity contribution in [2.45, 2.75) is 50.6 Å². The van der Waals surface area contributed by atoms with Gasteiger partial charge in [-0.3, -0.25) is 4.79 Å². The zero-order valence-corrected chi connectivity index (χ0v) is 16.9. The first-order valence-electron chi connectivity index (χ1n) is 8.58. The highest BCUT2D eigenvalue weighted by Crippen LogP contribution is 2.26. The molecule has 1 amide bonds. The van der Waals surface area contributed by atoms with Gasteiger partial charge < -0.3 is 4.74 Å². The number of carbonyl (C=O) groups excluding carboxylic acids is 2. The zero-order chi connectivity index (χ0) is 20.2. The van der Waals surface area contributed by atoms with Crippen LogP contribution in [0.25, 0.3) is 0 Å². The second-order valence-electron chi connectivity index (χ2n) is 7.32. The fraction of sp³-hybridized carbons (Fsp3) is 0.350. The molecule has 0 radical (unpaired) electrons. The third-order valence-electron chi connectivity index (χ3n) is 3.53. The first kappa shape index (κ1) is 20.8.